The Morgan fingerprint density at radius 3 is 2.61 bits per heavy atom. The Morgan fingerprint density at radius 1 is 1.22 bits per heavy atom. The minimum absolute atomic E-state index is 0.108. The van der Waals surface area contributed by atoms with Crippen molar-refractivity contribution in [3.8, 4) is 6.07 Å². The summed E-state index contributed by atoms with van der Waals surface area (Å²) in [7, 11) is 0. The topological polar surface area (TPSA) is 44.1 Å². The van der Waals surface area contributed by atoms with Crippen LogP contribution in [0.1, 0.15) is 41.6 Å². The van der Waals surface area contributed by atoms with Crippen molar-refractivity contribution < 1.29 is 4.79 Å². The number of carbonyl (C=O) groups is 1. The number of likely N-dealkylation sites (tertiary alicyclic amines) is 1. The molecule has 1 aromatic rings. The molecule has 0 radical (unpaired) electrons. The van der Waals surface area contributed by atoms with Gasteiger partial charge in [0.25, 0.3) is 5.91 Å². The van der Waals surface area contributed by atoms with Crippen LogP contribution in [0, 0.1) is 11.3 Å². The largest absolute Gasteiger partial charge is 0.339 e. The van der Waals surface area contributed by atoms with Gasteiger partial charge in [-0.05, 0) is 30.5 Å². The molecular weight excluding hydrogens is 224 g/mol. The molecule has 1 aliphatic heterocycles. The van der Waals surface area contributed by atoms with Crippen LogP contribution < -0.4 is 0 Å². The van der Waals surface area contributed by atoms with Crippen LogP contribution in [0.25, 0.3) is 0 Å². The van der Waals surface area contributed by atoms with Crippen LogP contribution in [-0.2, 0) is 6.42 Å². The molecule has 1 aliphatic rings. The van der Waals surface area contributed by atoms with E-state index >= 15 is 0 Å². The van der Waals surface area contributed by atoms with Gasteiger partial charge in [0, 0.05) is 18.7 Å². The number of nitrogens with zero attached hydrogens (tertiary/aromatic N) is 2. The number of rotatable bonds is 2. The first-order chi connectivity index (χ1) is 8.81. The van der Waals surface area contributed by atoms with Crippen LogP contribution in [0.2, 0.25) is 0 Å². The standard InChI is InChI=1S/C15H18N2O/c16-9-8-13-6-5-7-14(12-13)15(18)17-10-3-1-2-4-11-17/h5-7,12H,1-4,8,10-11H2. The first-order valence-electron chi connectivity index (χ1n) is 6.56. The van der Waals surface area contributed by atoms with E-state index in [1.165, 1.54) is 12.8 Å². The van der Waals surface area contributed by atoms with Crippen LogP contribution in [0.4, 0.5) is 0 Å². The molecular formula is C15H18N2O. The lowest BCUT2D eigenvalue weighted by atomic mass is 10.1. The highest BCUT2D eigenvalue weighted by Crippen LogP contribution is 2.14. The van der Waals surface area contributed by atoms with E-state index in [0.717, 1.165) is 31.5 Å². The normalized spacial score (nSPS) is 15.8. The number of carbonyl (C=O) groups excluding carboxylic acids is 1. The van der Waals surface area contributed by atoms with Gasteiger partial charge in [-0.15, -0.1) is 0 Å². The summed E-state index contributed by atoms with van der Waals surface area (Å²) in [5.74, 6) is 0.108. The van der Waals surface area contributed by atoms with E-state index in [1.54, 1.807) is 0 Å². The number of nitriles is 1. The zero-order valence-electron chi connectivity index (χ0n) is 10.6. The van der Waals surface area contributed by atoms with E-state index in [0.29, 0.717) is 12.0 Å². The number of amides is 1. The summed E-state index contributed by atoms with van der Waals surface area (Å²) >= 11 is 0. The molecule has 0 bridgehead atoms. The van der Waals surface area contributed by atoms with Crippen LogP contribution in [0.15, 0.2) is 24.3 Å². The second-order valence-corrected chi connectivity index (χ2v) is 4.74. The van der Waals surface area contributed by atoms with Crippen LogP contribution in [0.3, 0.4) is 0 Å². The van der Waals surface area contributed by atoms with E-state index in [9.17, 15) is 4.79 Å². The van der Waals surface area contributed by atoms with E-state index in [2.05, 4.69) is 6.07 Å². The van der Waals surface area contributed by atoms with Crippen LogP contribution in [0.5, 0.6) is 0 Å². The van der Waals surface area contributed by atoms with Crippen molar-refractivity contribution in [2.24, 2.45) is 0 Å². The van der Waals surface area contributed by atoms with Gasteiger partial charge in [0.1, 0.15) is 0 Å². The van der Waals surface area contributed by atoms with Gasteiger partial charge in [-0.25, -0.2) is 0 Å². The van der Waals surface area contributed by atoms with Gasteiger partial charge in [-0.1, -0.05) is 25.0 Å². The Balaban J connectivity index is 2.12. The maximum Gasteiger partial charge on any atom is 0.253 e. The molecule has 0 aliphatic carbocycles. The smallest absolute Gasteiger partial charge is 0.253 e. The van der Waals surface area contributed by atoms with Crippen molar-refractivity contribution >= 4 is 5.91 Å². The van der Waals surface area contributed by atoms with Gasteiger partial charge < -0.3 is 4.90 Å². The molecule has 94 valence electrons. The highest BCUT2D eigenvalue weighted by atomic mass is 16.2. The van der Waals surface area contributed by atoms with E-state index in [-0.39, 0.29) is 5.91 Å². The number of hydrogen-bond acceptors (Lipinski definition) is 2. The zero-order valence-corrected chi connectivity index (χ0v) is 10.6. The van der Waals surface area contributed by atoms with Crippen molar-refractivity contribution in [2.45, 2.75) is 32.1 Å². The maximum absolute atomic E-state index is 12.4. The highest BCUT2D eigenvalue weighted by Gasteiger charge is 2.17. The Labute approximate surface area is 108 Å². The van der Waals surface area contributed by atoms with Crippen molar-refractivity contribution in [3.05, 3.63) is 35.4 Å². The molecule has 18 heavy (non-hydrogen) atoms. The van der Waals surface area contributed by atoms with Gasteiger partial charge in [0.2, 0.25) is 0 Å². The summed E-state index contributed by atoms with van der Waals surface area (Å²) in [6.45, 7) is 1.72. The lowest BCUT2D eigenvalue weighted by Gasteiger charge is -2.20. The van der Waals surface area contributed by atoms with Crippen molar-refractivity contribution in [3.63, 3.8) is 0 Å². The summed E-state index contributed by atoms with van der Waals surface area (Å²) in [5.41, 5.74) is 1.63. The molecule has 1 heterocycles. The Bertz CT molecular complexity index is 454. The molecule has 0 aromatic heterocycles. The molecule has 1 fully saturated rings. The first kappa shape index (κ1) is 12.6. The second-order valence-electron chi connectivity index (χ2n) is 4.74. The van der Waals surface area contributed by atoms with E-state index < -0.39 is 0 Å². The molecule has 1 aromatic carbocycles. The quantitative estimate of drug-likeness (QED) is 0.800. The molecule has 0 N–H and O–H groups in total. The fourth-order valence-electron chi connectivity index (χ4n) is 2.36. The van der Waals surface area contributed by atoms with Gasteiger partial charge in [-0.2, -0.15) is 5.26 Å². The third kappa shape index (κ3) is 3.10. The van der Waals surface area contributed by atoms with Crippen molar-refractivity contribution in [2.75, 3.05) is 13.1 Å². The van der Waals surface area contributed by atoms with Crippen molar-refractivity contribution in [1.29, 1.82) is 5.26 Å². The van der Waals surface area contributed by atoms with Crippen LogP contribution in [-0.4, -0.2) is 23.9 Å². The first-order valence-corrected chi connectivity index (χ1v) is 6.56. The van der Waals surface area contributed by atoms with E-state index in [1.807, 2.05) is 29.2 Å². The lowest BCUT2D eigenvalue weighted by Crippen LogP contribution is -2.31. The summed E-state index contributed by atoms with van der Waals surface area (Å²) in [5, 5.41) is 8.69. The second kappa shape index (κ2) is 6.20. The molecule has 1 amide bonds. The SMILES string of the molecule is N#CCc1cccc(C(=O)N2CCCCCC2)c1. The minimum atomic E-state index is 0.108. The average molecular weight is 242 g/mol. The number of benzene rings is 1. The average Bonchev–Trinajstić information content (AvgIpc) is 2.67. The fourth-order valence-corrected chi connectivity index (χ4v) is 2.36. The molecule has 1 saturated heterocycles. The molecule has 3 nitrogen and oxygen atoms in total. The summed E-state index contributed by atoms with van der Waals surface area (Å²) in [4.78, 5) is 14.3. The Morgan fingerprint density at radius 2 is 1.94 bits per heavy atom. The predicted octanol–water partition coefficient (Wildman–Crippen LogP) is 2.77. The summed E-state index contributed by atoms with van der Waals surface area (Å²) < 4.78 is 0. The third-order valence-corrected chi connectivity index (χ3v) is 3.35. The van der Waals surface area contributed by atoms with Gasteiger partial charge >= 0.3 is 0 Å². The Kier molecular flexibility index (Phi) is 4.35. The highest BCUT2D eigenvalue weighted by molar-refractivity contribution is 5.94. The Hall–Kier alpha value is -1.82. The summed E-state index contributed by atoms with van der Waals surface area (Å²) in [6.07, 6.45) is 5.00. The lowest BCUT2D eigenvalue weighted by molar-refractivity contribution is 0.0761. The maximum atomic E-state index is 12.4. The molecule has 0 saturated carbocycles. The molecule has 0 unspecified atom stereocenters. The molecule has 0 atom stereocenters. The van der Waals surface area contributed by atoms with Gasteiger partial charge in [-0.3, -0.25) is 4.79 Å². The van der Waals surface area contributed by atoms with E-state index in [4.69, 9.17) is 5.26 Å². The van der Waals surface area contributed by atoms with Gasteiger partial charge in [0.05, 0.1) is 12.5 Å². The summed E-state index contributed by atoms with van der Waals surface area (Å²) in [6, 6.07) is 9.55. The fraction of sp³-hybridized carbons (Fsp3) is 0.467. The van der Waals surface area contributed by atoms with Crippen molar-refractivity contribution in [1.82, 2.24) is 4.90 Å². The van der Waals surface area contributed by atoms with Gasteiger partial charge in [0.15, 0.2) is 0 Å². The molecule has 2 rings (SSSR count). The monoisotopic (exact) mass is 242 g/mol. The molecule has 3 heteroatoms. The van der Waals surface area contributed by atoms with Crippen LogP contribution >= 0.6 is 0 Å². The predicted molar refractivity (Wildman–Crippen MR) is 70.1 cm³/mol. The minimum Gasteiger partial charge on any atom is -0.339 e. The third-order valence-electron chi connectivity index (χ3n) is 3.35. The molecule has 0 spiro atoms. The zero-order chi connectivity index (χ0) is 12.8. The number of hydrogen-bond donors (Lipinski definition) is 0.